The van der Waals surface area contributed by atoms with Crippen molar-refractivity contribution < 1.29 is 9.90 Å². The molecule has 7 heteroatoms. The number of rotatable bonds is 4. The van der Waals surface area contributed by atoms with E-state index in [1.165, 1.54) is 23.5 Å². The molecule has 0 aliphatic carbocycles. The summed E-state index contributed by atoms with van der Waals surface area (Å²) in [6, 6.07) is 15.9. The van der Waals surface area contributed by atoms with Crippen LogP contribution in [-0.4, -0.2) is 21.0 Å². The molecule has 0 unspecified atom stereocenters. The normalized spacial score (nSPS) is 11.7. The minimum atomic E-state index is -0.995. The summed E-state index contributed by atoms with van der Waals surface area (Å²) in [5.41, 5.74) is 2.43. The maximum Gasteiger partial charge on any atom is 0.335 e. The molecule has 2 aromatic heterocycles. The average Bonchev–Trinajstić information content (AvgIpc) is 3.14. The van der Waals surface area contributed by atoms with E-state index in [2.05, 4.69) is 9.97 Å². The standard InChI is InChI=1S/C21H13ClN2O3S/c22-16(10-12-6-8-14(9-7-12)21(26)27)18-23-19(25)17-15(11-28-20(17)24-18)13-4-2-1-3-5-13/h1-11H,(H,26,27)(H,23,24,25)/b16-10-. The number of aromatic carboxylic acids is 1. The summed E-state index contributed by atoms with van der Waals surface area (Å²) >= 11 is 7.74. The third-order valence-electron chi connectivity index (χ3n) is 4.21. The Morgan fingerprint density at radius 1 is 1.11 bits per heavy atom. The predicted molar refractivity (Wildman–Crippen MR) is 113 cm³/mol. The van der Waals surface area contributed by atoms with Crippen molar-refractivity contribution in [3.8, 4) is 11.1 Å². The van der Waals surface area contributed by atoms with Crippen LogP contribution in [0, 0.1) is 0 Å². The second kappa shape index (κ2) is 7.42. The highest BCUT2D eigenvalue weighted by atomic mass is 35.5. The zero-order valence-corrected chi connectivity index (χ0v) is 15.9. The number of nitrogens with one attached hydrogen (secondary N) is 1. The molecule has 4 aromatic rings. The first-order valence-corrected chi connectivity index (χ1v) is 9.56. The Balaban J connectivity index is 1.73. The van der Waals surface area contributed by atoms with E-state index in [1.54, 1.807) is 18.2 Å². The fourth-order valence-electron chi connectivity index (χ4n) is 2.83. The maximum absolute atomic E-state index is 12.7. The molecule has 0 spiro atoms. The van der Waals surface area contributed by atoms with Crippen LogP contribution in [0.2, 0.25) is 0 Å². The molecule has 4 rings (SSSR count). The Morgan fingerprint density at radius 2 is 1.82 bits per heavy atom. The number of nitrogens with zero attached hydrogens (tertiary/aromatic N) is 1. The Morgan fingerprint density at radius 3 is 2.50 bits per heavy atom. The number of fused-ring (bicyclic) bond motifs is 1. The highest BCUT2D eigenvalue weighted by Crippen LogP contribution is 2.31. The molecule has 0 bridgehead atoms. The van der Waals surface area contributed by atoms with Crippen LogP contribution in [-0.2, 0) is 0 Å². The lowest BCUT2D eigenvalue weighted by atomic mass is 10.1. The van der Waals surface area contributed by atoms with Gasteiger partial charge < -0.3 is 10.1 Å². The van der Waals surface area contributed by atoms with Crippen molar-refractivity contribution in [3.05, 3.63) is 87.3 Å². The third-order valence-corrected chi connectivity index (χ3v) is 5.37. The lowest BCUT2D eigenvalue weighted by Crippen LogP contribution is -2.10. The molecule has 0 radical (unpaired) electrons. The van der Waals surface area contributed by atoms with E-state index in [9.17, 15) is 9.59 Å². The van der Waals surface area contributed by atoms with Gasteiger partial charge in [-0.3, -0.25) is 4.79 Å². The number of aromatic amines is 1. The molecule has 0 atom stereocenters. The van der Waals surface area contributed by atoms with Gasteiger partial charge in [-0.15, -0.1) is 11.3 Å². The van der Waals surface area contributed by atoms with Crippen LogP contribution < -0.4 is 5.56 Å². The molecule has 0 fully saturated rings. The van der Waals surface area contributed by atoms with Crippen LogP contribution in [0.4, 0.5) is 0 Å². The summed E-state index contributed by atoms with van der Waals surface area (Å²) in [5, 5.41) is 11.7. The van der Waals surface area contributed by atoms with E-state index in [1.807, 2.05) is 35.7 Å². The summed E-state index contributed by atoms with van der Waals surface area (Å²) in [7, 11) is 0. The summed E-state index contributed by atoms with van der Waals surface area (Å²) < 4.78 is 0. The van der Waals surface area contributed by atoms with Crippen molar-refractivity contribution >= 4 is 50.2 Å². The molecule has 28 heavy (non-hydrogen) atoms. The van der Waals surface area contributed by atoms with Gasteiger partial charge in [-0.05, 0) is 29.3 Å². The number of aromatic nitrogens is 2. The van der Waals surface area contributed by atoms with Gasteiger partial charge in [0.05, 0.1) is 16.0 Å². The fourth-order valence-corrected chi connectivity index (χ4v) is 3.99. The summed E-state index contributed by atoms with van der Waals surface area (Å²) in [5.74, 6) is -0.729. The quantitative estimate of drug-likeness (QED) is 0.493. The predicted octanol–water partition coefficient (Wildman–Crippen LogP) is 5.09. The number of carboxylic acids is 1. The van der Waals surface area contributed by atoms with Crippen molar-refractivity contribution in [2.24, 2.45) is 0 Å². The van der Waals surface area contributed by atoms with E-state index in [0.29, 0.717) is 15.8 Å². The van der Waals surface area contributed by atoms with Crippen molar-refractivity contribution in [3.63, 3.8) is 0 Å². The number of H-pyrrole nitrogens is 1. The van der Waals surface area contributed by atoms with Gasteiger partial charge in [-0.25, -0.2) is 9.78 Å². The van der Waals surface area contributed by atoms with Gasteiger partial charge in [-0.1, -0.05) is 54.1 Å². The molecule has 2 heterocycles. The van der Waals surface area contributed by atoms with Crippen LogP contribution in [0.1, 0.15) is 21.7 Å². The topological polar surface area (TPSA) is 83.0 Å². The van der Waals surface area contributed by atoms with Crippen molar-refractivity contribution in [1.82, 2.24) is 9.97 Å². The van der Waals surface area contributed by atoms with E-state index in [0.717, 1.165) is 11.1 Å². The van der Waals surface area contributed by atoms with Crippen molar-refractivity contribution in [1.29, 1.82) is 0 Å². The van der Waals surface area contributed by atoms with Crippen molar-refractivity contribution in [2.45, 2.75) is 0 Å². The number of benzene rings is 2. The van der Waals surface area contributed by atoms with Crippen LogP contribution in [0.25, 0.3) is 32.5 Å². The first kappa shape index (κ1) is 18.2. The third kappa shape index (κ3) is 3.47. The highest BCUT2D eigenvalue weighted by molar-refractivity contribution is 7.17. The van der Waals surface area contributed by atoms with Gasteiger partial charge in [0, 0.05) is 10.9 Å². The van der Waals surface area contributed by atoms with E-state index >= 15 is 0 Å². The van der Waals surface area contributed by atoms with E-state index in [-0.39, 0.29) is 22.0 Å². The minimum Gasteiger partial charge on any atom is -0.478 e. The highest BCUT2D eigenvalue weighted by Gasteiger charge is 2.14. The van der Waals surface area contributed by atoms with Crippen molar-refractivity contribution in [2.75, 3.05) is 0 Å². The molecule has 0 aliphatic rings. The number of hydrogen-bond donors (Lipinski definition) is 2. The van der Waals surface area contributed by atoms with Crippen LogP contribution in [0.5, 0.6) is 0 Å². The average molecular weight is 409 g/mol. The molecule has 0 aliphatic heterocycles. The second-order valence-corrected chi connectivity index (χ2v) is 7.29. The fraction of sp³-hybridized carbons (Fsp3) is 0. The maximum atomic E-state index is 12.7. The number of hydrogen-bond acceptors (Lipinski definition) is 4. The first-order valence-electron chi connectivity index (χ1n) is 8.31. The van der Waals surface area contributed by atoms with Gasteiger partial charge in [-0.2, -0.15) is 0 Å². The largest absolute Gasteiger partial charge is 0.478 e. The lowest BCUT2D eigenvalue weighted by Gasteiger charge is -2.02. The SMILES string of the molecule is O=C(O)c1ccc(/C=C(\Cl)c2nc3scc(-c4ccccc4)c3c(=O)[nH]2)cc1. The Hall–Kier alpha value is -3.22. The van der Waals surface area contributed by atoms with E-state index < -0.39 is 5.97 Å². The van der Waals surface area contributed by atoms with Crippen LogP contribution >= 0.6 is 22.9 Å². The Labute approximate surface area is 168 Å². The van der Waals surface area contributed by atoms with Crippen LogP contribution in [0.3, 0.4) is 0 Å². The Bertz CT molecular complexity index is 1260. The molecule has 0 amide bonds. The molecule has 0 saturated carbocycles. The number of carbonyl (C=O) groups is 1. The smallest absolute Gasteiger partial charge is 0.335 e. The first-order chi connectivity index (χ1) is 13.5. The zero-order chi connectivity index (χ0) is 19.7. The van der Waals surface area contributed by atoms with Gasteiger partial charge in [0.1, 0.15) is 4.83 Å². The van der Waals surface area contributed by atoms with Gasteiger partial charge in [0.2, 0.25) is 0 Å². The number of halogens is 1. The van der Waals surface area contributed by atoms with E-state index in [4.69, 9.17) is 16.7 Å². The number of carboxylic acid groups (broad SMARTS) is 1. The summed E-state index contributed by atoms with van der Waals surface area (Å²) in [6.45, 7) is 0. The summed E-state index contributed by atoms with van der Waals surface area (Å²) in [4.78, 5) is 31.5. The number of thiophene rings is 1. The molecular formula is C21H13ClN2O3S. The van der Waals surface area contributed by atoms with Gasteiger partial charge in [0.25, 0.3) is 5.56 Å². The molecular weight excluding hydrogens is 396 g/mol. The molecule has 2 aromatic carbocycles. The zero-order valence-electron chi connectivity index (χ0n) is 14.3. The molecule has 2 N–H and O–H groups in total. The monoisotopic (exact) mass is 408 g/mol. The molecule has 138 valence electrons. The van der Waals surface area contributed by atoms with Crippen LogP contribution in [0.15, 0.2) is 64.8 Å². The summed E-state index contributed by atoms with van der Waals surface area (Å²) in [6.07, 6.45) is 1.63. The van der Waals surface area contributed by atoms with Gasteiger partial charge >= 0.3 is 5.97 Å². The molecule has 5 nitrogen and oxygen atoms in total. The second-order valence-electron chi connectivity index (χ2n) is 6.03. The minimum absolute atomic E-state index is 0.188. The Kier molecular flexibility index (Phi) is 4.81. The lowest BCUT2D eigenvalue weighted by molar-refractivity contribution is 0.0697. The van der Waals surface area contributed by atoms with Gasteiger partial charge in [0.15, 0.2) is 5.82 Å². The molecule has 0 saturated heterocycles.